The molecule has 4 heteroatoms. The predicted molar refractivity (Wildman–Crippen MR) is 111 cm³/mol. The molecule has 0 radical (unpaired) electrons. The summed E-state index contributed by atoms with van der Waals surface area (Å²) in [5.74, 6) is 0.259. The second-order valence-corrected chi connectivity index (χ2v) is 8.86. The molecule has 27 heavy (non-hydrogen) atoms. The first kappa shape index (κ1) is 18.1. The van der Waals surface area contributed by atoms with Crippen LogP contribution in [-0.2, 0) is 12.8 Å². The zero-order valence-corrected chi connectivity index (χ0v) is 16.8. The van der Waals surface area contributed by atoms with E-state index in [0.29, 0.717) is 6.42 Å². The number of nitrogens with zero attached hydrogens (tertiary/aromatic N) is 1. The minimum Gasteiger partial charge on any atom is -0.357 e. The van der Waals surface area contributed by atoms with Crippen molar-refractivity contribution in [1.82, 2.24) is 9.97 Å². The summed E-state index contributed by atoms with van der Waals surface area (Å²) in [7, 11) is 0. The Balaban J connectivity index is 1.92. The summed E-state index contributed by atoms with van der Waals surface area (Å²) in [6.45, 7) is 4.34. The third-order valence-electron chi connectivity index (χ3n) is 5.25. The Morgan fingerprint density at radius 2 is 1.93 bits per heavy atom. The lowest BCUT2D eigenvalue weighted by Crippen LogP contribution is -2.27. The van der Waals surface area contributed by atoms with E-state index >= 15 is 0 Å². The number of aromatic nitrogens is 2. The number of rotatable bonds is 4. The average molecular weight is 377 g/mol. The minimum atomic E-state index is -0.00317. The largest absolute Gasteiger partial charge is 0.357 e. The van der Waals surface area contributed by atoms with Crippen LogP contribution < -0.4 is 0 Å². The predicted octanol–water partition coefficient (Wildman–Crippen LogP) is 5.54. The van der Waals surface area contributed by atoms with Crippen molar-refractivity contribution in [2.24, 2.45) is 5.41 Å². The summed E-state index contributed by atoms with van der Waals surface area (Å²) < 4.78 is 0. The summed E-state index contributed by atoms with van der Waals surface area (Å²) in [5, 5.41) is 0. The molecule has 3 nitrogen and oxygen atoms in total. The summed E-state index contributed by atoms with van der Waals surface area (Å²) in [4.78, 5) is 22.1. The van der Waals surface area contributed by atoms with Gasteiger partial charge in [-0.2, -0.15) is 0 Å². The number of aromatic amines is 1. The van der Waals surface area contributed by atoms with Gasteiger partial charge in [0.25, 0.3) is 0 Å². The van der Waals surface area contributed by atoms with E-state index in [4.69, 9.17) is 0 Å². The molecule has 0 spiro atoms. The number of hydrogen-bond acceptors (Lipinski definition) is 3. The van der Waals surface area contributed by atoms with Crippen molar-refractivity contribution >= 4 is 17.5 Å². The molecule has 4 rings (SSSR count). The van der Waals surface area contributed by atoms with E-state index in [1.807, 2.05) is 24.5 Å². The second-order valence-electron chi connectivity index (χ2n) is 8.01. The van der Waals surface area contributed by atoms with E-state index < -0.39 is 0 Å². The number of thioether (sulfide) groups is 1. The summed E-state index contributed by atoms with van der Waals surface area (Å²) in [6.07, 6.45) is 8.05. The van der Waals surface area contributed by atoms with E-state index in [-0.39, 0.29) is 11.2 Å². The maximum atomic E-state index is 13.1. The molecule has 1 N–H and O–H groups in total. The Hall–Kier alpha value is -2.33. The quantitative estimate of drug-likeness (QED) is 0.608. The van der Waals surface area contributed by atoms with Crippen LogP contribution in [0.3, 0.4) is 0 Å². The second kappa shape index (κ2) is 7.01. The van der Waals surface area contributed by atoms with Crippen LogP contribution in [-0.4, -0.2) is 22.0 Å². The number of benzene rings is 1. The molecule has 3 aromatic rings. The summed E-state index contributed by atoms with van der Waals surface area (Å²) >= 11 is 1.68. The van der Waals surface area contributed by atoms with Crippen LogP contribution in [0.15, 0.2) is 53.7 Å². The van der Waals surface area contributed by atoms with Gasteiger partial charge in [-0.05, 0) is 35.3 Å². The molecule has 0 atom stereocenters. The lowest BCUT2D eigenvalue weighted by Gasteiger charge is -2.28. The van der Waals surface area contributed by atoms with E-state index in [0.717, 1.165) is 45.8 Å². The zero-order valence-electron chi connectivity index (χ0n) is 16.0. The zero-order chi connectivity index (χ0) is 19.0. The smallest absolute Gasteiger partial charge is 0.165 e. The number of hydrogen-bond donors (Lipinski definition) is 1. The van der Waals surface area contributed by atoms with E-state index in [9.17, 15) is 4.79 Å². The van der Waals surface area contributed by atoms with Crippen molar-refractivity contribution in [2.75, 3.05) is 6.26 Å². The Labute approximate surface area is 164 Å². The molecule has 0 unspecified atom stereocenters. The van der Waals surface area contributed by atoms with Crippen LogP contribution in [0.4, 0.5) is 0 Å². The van der Waals surface area contributed by atoms with Crippen molar-refractivity contribution in [1.29, 1.82) is 0 Å². The molecule has 0 saturated heterocycles. The van der Waals surface area contributed by atoms with Crippen molar-refractivity contribution < 1.29 is 4.79 Å². The first-order valence-electron chi connectivity index (χ1n) is 9.28. The van der Waals surface area contributed by atoms with Gasteiger partial charge in [-0.25, -0.2) is 0 Å². The maximum Gasteiger partial charge on any atom is 0.165 e. The first-order valence-corrected chi connectivity index (χ1v) is 10.5. The molecular weight excluding hydrogens is 352 g/mol. The molecule has 0 saturated carbocycles. The van der Waals surface area contributed by atoms with Gasteiger partial charge in [-0.3, -0.25) is 9.78 Å². The summed E-state index contributed by atoms with van der Waals surface area (Å²) in [5.41, 5.74) is 6.54. The highest BCUT2D eigenvalue weighted by Crippen LogP contribution is 2.41. The van der Waals surface area contributed by atoms with Gasteiger partial charge in [0.1, 0.15) is 0 Å². The summed E-state index contributed by atoms with van der Waals surface area (Å²) in [6, 6.07) is 12.4. The normalized spacial score (nSPS) is 15.6. The highest BCUT2D eigenvalue weighted by molar-refractivity contribution is 7.98. The van der Waals surface area contributed by atoms with Gasteiger partial charge in [-0.1, -0.05) is 44.2 Å². The number of nitrogens with one attached hydrogen (secondary N) is 1. The lowest BCUT2D eigenvalue weighted by molar-refractivity contribution is 0.0911. The fourth-order valence-corrected chi connectivity index (χ4v) is 4.64. The number of carbonyl (C=O) groups excluding carboxylic acids is 1. The van der Waals surface area contributed by atoms with Crippen molar-refractivity contribution in [2.45, 2.75) is 38.0 Å². The third kappa shape index (κ3) is 3.46. The number of fused-ring (bicyclic) bond motifs is 1. The molecule has 138 valence electrons. The monoisotopic (exact) mass is 376 g/mol. The maximum absolute atomic E-state index is 13.1. The lowest BCUT2D eigenvalue weighted by atomic mass is 9.75. The SMILES string of the molecule is CSc1cnccc1-c1[nH]c2c(c1Cc1ccccc1)C(=O)CC(C)(C)C2. The topological polar surface area (TPSA) is 45.8 Å². The van der Waals surface area contributed by atoms with Gasteiger partial charge in [0.05, 0.1) is 5.69 Å². The van der Waals surface area contributed by atoms with E-state index in [2.05, 4.69) is 54.3 Å². The molecule has 0 bridgehead atoms. The molecule has 1 aliphatic carbocycles. The Bertz CT molecular complexity index is 989. The molecule has 1 aliphatic rings. The molecule has 2 aromatic heterocycles. The van der Waals surface area contributed by atoms with Crippen LogP contribution in [0.2, 0.25) is 0 Å². The molecular formula is C23H24N2OS. The number of carbonyl (C=O) groups is 1. The average Bonchev–Trinajstić information content (AvgIpc) is 2.99. The molecule has 2 heterocycles. The van der Waals surface area contributed by atoms with Crippen LogP contribution in [0.25, 0.3) is 11.3 Å². The first-order chi connectivity index (χ1) is 13.0. The number of Topliss-reactive ketones (excluding diaryl/α,β-unsaturated/α-hetero) is 1. The molecule has 0 amide bonds. The van der Waals surface area contributed by atoms with Crippen LogP contribution in [0, 0.1) is 5.41 Å². The Morgan fingerprint density at radius 1 is 1.15 bits per heavy atom. The number of ketones is 1. The van der Waals surface area contributed by atoms with Gasteiger partial charge in [0.15, 0.2) is 5.78 Å². The molecule has 1 aromatic carbocycles. The van der Waals surface area contributed by atoms with Gasteiger partial charge in [-0.15, -0.1) is 11.8 Å². The van der Waals surface area contributed by atoms with Crippen LogP contribution in [0.5, 0.6) is 0 Å². The van der Waals surface area contributed by atoms with Gasteiger partial charge >= 0.3 is 0 Å². The van der Waals surface area contributed by atoms with E-state index in [1.165, 1.54) is 5.56 Å². The third-order valence-corrected chi connectivity index (χ3v) is 6.02. The van der Waals surface area contributed by atoms with E-state index in [1.54, 1.807) is 11.8 Å². The highest BCUT2D eigenvalue weighted by Gasteiger charge is 2.35. The molecule has 0 aliphatic heterocycles. The van der Waals surface area contributed by atoms with Crippen molar-refractivity contribution in [3.8, 4) is 11.3 Å². The van der Waals surface area contributed by atoms with Crippen LogP contribution >= 0.6 is 11.8 Å². The van der Waals surface area contributed by atoms with Crippen LogP contribution in [0.1, 0.15) is 47.4 Å². The van der Waals surface area contributed by atoms with Crippen molar-refractivity contribution in [3.05, 3.63) is 71.2 Å². The fourth-order valence-electron chi connectivity index (χ4n) is 4.09. The number of H-pyrrole nitrogens is 1. The molecule has 0 fully saturated rings. The number of pyridine rings is 1. The van der Waals surface area contributed by atoms with Gasteiger partial charge in [0.2, 0.25) is 0 Å². The minimum absolute atomic E-state index is 0.00317. The standard InChI is InChI=1S/C23H24N2OS/c1-23(2)12-18-21(19(26)13-23)17(11-15-7-5-4-6-8-15)22(25-18)16-9-10-24-14-20(16)27-3/h4-10,14,25H,11-13H2,1-3H3. The fraction of sp³-hybridized carbons (Fsp3) is 0.304. The highest BCUT2D eigenvalue weighted by atomic mass is 32.2. The Morgan fingerprint density at radius 3 is 2.67 bits per heavy atom. The van der Waals surface area contributed by atoms with Crippen molar-refractivity contribution in [3.63, 3.8) is 0 Å². The van der Waals surface area contributed by atoms with Gasteiger partial charge in [0, 0.05) is 47.0 Å². The van der Waals surface area contributed by atoms with Gasteiger partial charge < -0.3 is 4.98 Å². The Kier molecular flexibility index (Phi) is 4.68.